The van der Waals surface area contributed by atoms with Crippen LogP contribution in [0.2, 0.25) is 0 Å². The lowest BCUT2D eigenvalue weighted by Crippen LogP contribution is -2.44. The summed E-state index contributed by atoms with van der Waals surface area (Å²) in [6.45, 7) is 0.386. The maximum atomic E-state index is 15.5. The van der Waals surface area contributed by atoms with E-state index in [2.05, 4.69) is 5.09 Å². The third-order valence-corrected chi connectivity index (χ3v) is 7.82. The number of halogens is 1. The van der Waals surface area contributed by atoms with Gasteiger partial charge in [0.15, 0.2) is 11.9 Å². The van der Waals surface area contributed by atoms with E-state index >= 15 is 4.39 Å². The van der Waals surface area contributed by atoms with Gasteiger partial charge in [-0.05, 0) is 37.5 Å². The van der Waals surface area contributed by atoms with Crippen LogP contribution in [0.1, 0.15) is 19.6 Å². The minimum absolute atomic E-state index is 0.160. The van der Waals surface area contributed by atoms with Gasteiger partial charge >= 0.3 is 19.4 Å². The van der Waals surface area contributed by atoms with Gasteiger partial charge in [-0.25, -0.2) is 13.8 Å². The average molecular weight is 562 g/mol. The molecular weight excluding hydrogens is 532 g/mol. The van der Waals surface area contributed by atoms with Crippen molar-refractivity contribution in [3.05, 3.63) is 63.4 Å². The Bertz CT molecular complexity index is 1230. The summed E-state index contributed by atoms with van der Waals surface area (Å²) >= 11 is 1.46. The third kappa shape index (κ3) is 7.09. The van der Waals surface area contributed by atoms with Gasteiger partial charge in [0, 0.05) is 12.3 Å². The highest BCUT2D eigenvalue weighted by molar-refractivity contribution is 7.98. The number of nitrogens with one attached hydrogen (secondary N) is 2. The normalized spacial score (nSPS) is 25.8. The van der Waals surface area contributed by atoms with Crippen LogP contribution >= 0.6 is 19.5 Å². The van der Waals surface area contributed by atoms with E-state index < -0.39 is 61.7 Å². The van der Waals surface area contributed by atoms with Crippen molar-refractivity contribution in [1.82, 2.24) is 14.6 Å². The van der Waals surface area contributed by atoms with Crippen molar-refractivity contribution >= 4 is 25.5 Å². The maximum Gasteiger partial charge on any atom is 0.459 e. The number of aromatic amines is 1. The molecule has 1 aromatic carbocycles. The van der Waals surface area contributed by atoms with Crippen LogP contribution < -0.4 is 20.9 Å². The highest BCUT2D eigenvalue weighted by atomic mass is 32.2. The summed E-state index contributed by atoms with van der Waals surface area (Å²) in [6, 6.07) is 7.97. The molecule has 2 heterocycles. The number of para-hydroxylation sites is 1. The quantitative estimate of drug-likeness (QED) is 0.255. The predicted octanol–water partition coefficient (Wildman–Crippen LogP) is 1.61. The van der Waals surface area contributed by atoms with Crippen molar-refractivity contribution in [3.63, 3.8) is 0 Å². The highest BCUT2D eigenvalue weighted by Gasteiger charge is 2.56. The van der Waals surface area contributed by atoms with Gasteiger partial charge in [-0.2, -0.15) is 16.8 Å². The molecule has 6 atom stereocenters. The largest absolute Gasteiger partial charge is 0.468 e. The number of aliphatic hydroxyl groups excluding tert-OH is 1. The first-order valence-electron chi connectivity index (χ1n) is 11.2. The van der Waals surface area contributed by atoms with Crippen molar-refractivity contribution in [2.75, 3.05) is 25.7 Å². The minimum atomic E-state index is -4.32. The van der Waals surface area contributed by atoms with E-state index in [-0.39, 0.29) is 12.2 Å². The Labute approximate surface area is 216 Å². The molecule has 1 aliphatic heterocycles. The number of hydrogen-bond acceptors (Lipinski definition) is 10. The number of methoxy groups -OCH3 is 1. The first-order chi connectivity index (χ1) is 17.5. The van der Waals surface area contributed by atoms with Crippen LogP contribution in [-0.4, -0.2) is 70.3 Å². The molecule has 0 radical (unpaired) electrons. The Morgan fingerprint density at radius 3 is 2.68 bits per heavy atom. The standard InChI is InChI=1S/C22H29FN3O9PS/c1-22(23)18(28)16(34-20(22)26-11-9-17(27)24-21(26)30)13-33-36(31,35-14-7-5-4-6-8-14)25-15(10-12-37-3)19(29)32-2/h4-9,11,15-16,18,20,28H,10,12-13H2,1-3H3,(H,25,31)(H,24,27,30)/t15-,16+,18+,20+,22+,36?/m0/s1. The van der Waals surface area contributed by atoms with Gasteiger partial charge in [-0.3, -0.25) is 23.7 Å². The van der Waals surface area contributed by atoms with Gasteiger partial charge in [-0.1, -0.05) is 18.2 Å². The van der Waals surface area contributed by atoms with Gasteiger partial charge in [0.05, 0.1) is 13.7 Å². The number of nitrogens with zero attached hydrogens (tertiary/aromatic N) is 1. The van der Waals surface area contributed by atoms with Crippen LogP contribution in [0.25, 0.3) is 0 Å². The van der Waals surface area contributed by atoms with Crippen molar-refractivity contribution in [2.24, 2.45) is 0 Å². The van der Waals surface area contributed by atoms with Gasteiger partial charge in [0.2, 0.25) is 0 Å². The topological polar surface area (TPSA) is 158 Å². The van der Waals surface area contributed by atoms with Crippen molar-refractivity contribution in [1.29, 1.82) is 0 Å². The first kappa shape index (κ1) is 29.1. The molecule has 1 aromatic heterocycles. The average Bonchev–Trinajstić information content (AvgIpc) is 3.09. The fraction of sp³-hybridized carbons (Fsp3) is 0.500. The zero-order chi connectivity index (χ0) is 27.2. The van der Waals surface area contributed by atoms with E-state index in [1.54, 1.807) is 18.2 Å². The summed E-state index contributed by atoms with van der Waals surface area (Å²) in [5.41, 5.74) is -4.11. The highest BCUT2D eigenvalue weighted by Crippen LogP contribution is 2.47. The predicted molar refractivity (Wildman–Crippen MR) is 133 cm³/mol. The molecule has 0 spiro atoms. The Morgan fingerprint density at radius 1 is 1.35 bits per heavy atom. The number of thioether (sulfide) groups is 1. The second kappa shape index (κ2) is 12.4. The SMILES string of the molecule is COC(=O)[C@H](CCSC)NP(=O)(OC[C@H]1O[C@@H](n2ccc(=O)[nH]c2=O)[C@](C)(F)[C@@H]1O)Oc1ccccc1. The number of ether oxygens (including phenoxy) is 2. The van der Waals surface area contributed by atoms with Gasteiger partial charge in [0.25, 0.3) is 5.56 Å². The molecule has 3 N–H and O–H groups in total. The summed E-state index contributed by atoms with van der Waals surface area (Å²) in [4.78, 5) is 37.8. The van der Waals surface area contributed by atoms with Crippen LogP contribution in [-0.2, 0) is 23.4 Å². The van der Waals surface area contributed by atoms with Crippen LogP contribution in [0.3, 0.4) is 0 Å². The number of carbonyl (C=O) groups excluding carboxylic acids is 1. The second-order valence-corrected chi connectivity index (χ2v) is 11.0. The van der Waals surface area contributed by atoms with E-state index in [1.807, 2.05) is 11.2 Å². The van der Waals surface area contributed by atoms with Crippen molar-refractivity contribution < 1.29 is 37.4 Å². The summed E-state index contributed by atoms with van der Waals surface area (Å²) in [6.07, 6.45) is -1.71. The lowest BCUT2D eigenvalue weighted by atomic mass is 9.98. The molecule has 204 valence electrons. The zero-order valence-electron chi connectivity index (χ0n) is 20.4. The molecule has 1 aliphatic rings. The summed E-state index contributed by atoms with van der Waals surface area (Å²) in [5, 5.41) is 13.2. The Kier molecular flexibility index (Phi) is 9.73. The Balaban J connectivity index is 1.83. The van der Waals surface area contributed by atoms with Crippen LogP contribution in [0, 0.1) is 0 Å². The van der Waals surface area contributed by atoms with Gasteiger partial charge in [-0.15, -0.1) is 0 Å². The number of benzene rings is 1. The number of rotatable bonds is 12. The lowest BCUT2D eigenvalue weighted by molar-refractivity contribution is -0.142. The number of esters is 1. The molecule has 12 nitrogen and oxygen atoms in total. The van der Waals surface area contributed by atoms with E-state index in [0.29, 0.717) is 5.75 Å². The zero-order valence-corrected chi connectivity index (χ0v) is 22.1. The second-order valence-electron chi connectivity index (χ2n) is 8.32. The maximum absolute atomic E-state index is 15.5. The van der Waals surface area contributed by atoms with Crippen LogP contribution in [0.5, 0.6) is 5.75 Å². The Hall–Kier alpha value is -2.48. The smallest absolute Gasteiger partial charge is 0.459 e. The fourth-order valence-electron chi connectivity index (χ4n) is 3.65. The fourth-order valence-corrected chi connectivity index (χ4v) is 5.66. The molecule has 1 fully saturated rings. The lowest BCUT2D eigenvalue weighted by Gasteiger charge is -2.26. The monoisotopic (exact) mass is 561 g/mol. The molecule has 0 saturated carbocycles. The Morgan fingerprint density at radius 2 is 2.05 bits per heavy atom. The number of aliphatic hydroxyl groups is 1. The molecule has 0 amide bonds. The molecular formula is C22H29FN3O9PS. The van der Waals surface area contributed by atoms with Crippen molar-refractivity contribution in [3.8, 4) is 5.75 Å². The minimum Gasteiger partial charge on any atom is -0.468 e. The molecule has 0 bridgehead atoms. The summed E-state index contributed by atoms with van der Waals surface area (Å²) in [7, 11) is -3.14. The van der Waals surface area contributed by atoms with E-state index in [4.69, 9.17) is 18.5 Å². The van der Waals surface area contributed by atoms with E-state index in [1.165, 1.54) is 31.0 Å². The van der Waals surface area contributed by atoms with Crippen LogP contribution in [0.15, 0.2) is 52.2 Å². The molecule has 37 heavy (non-hydrogen) atoms. The molecule has 0 aliphatic carbocycles. The number of carbonyl (C=O) groups is 1. The molecule has 1 saturated heterocycles. The van der Waals surface area contributed by atoms with E-state index in [0.717, 1.165) is 23.8 Å². The third-order valence-electron chi connectivity index (χ3n) is 5.61. The number of H-pyrrole nitrogens is 1. The van der Waals surface area contributed by atoms with Gasteiger partial charge in [0.1, 0.15) is 24.0 Å². The summed E-state index contributed by atoms with van der Waals surface area (Å²) < 4.78 is 51.5. The summed E-state index contributed by atoms with van der Waals surface area (Å²) in [5.74, 6) is -0.00789. The molecule has 15 heteroatoms. The van der Waals surface area contributed by atoms with Crippen molar-refractivity contribution in [2.45, 2.75) is 43.5 Å². The van der Waals surface area contributed by atoms with E-state index in [9.17, 15) is 24.1 Å². The molecule has 3 rings (SSSR count). The number of alkyl halides is 1. The molecule has 1 unspecified atom stereocenters. The van der Waals surface area contributed by atoms with Crippen LogP contribution in [0.4, 0.5) is 4.39 Å². The first-order valence-corrected chi connectivity index (χ1v) is 14.1. The number of hydrogen-bond donors (Lipinski definition) is 3. The number of aromatic nitrogens is 2. The molecule has 2 aromatic rings. The van der Waals surface area contributed by atoms with Gasteiger partial charge < -0.3 is 19.1 Å².